The van der Waals surface area contributed by atoms with Gasteiger partial charge in [-0.05, 0) is 30.3 Å². The van der Waals surface area contributed by atoms with Gasteiger partial charge in [0.05, 0.1) is 23.4 Å². The van der Waals surface area contributed by atoms with Crippen LogP contribution in [0.2, 0.25) is 5.02 Å². The highest BCUT2D eigenvalue weighted by Crippen LogP contribution is 2.28. The monoisotopic (exact) mass is 354 g/mol. The van der Waals surface area contributed by atoms with Gasteiger partial charge in [-0.1, -0.05) is 17.7 Å². The minimum atomic E-state index is -3.81. The molecule has 2 aromatic carbocycles. The molecule has 2 N–H and O–H groups in total. The highest BCUT2D eigenvalue weighted by Gasteiger charge is 2.17. The second kappa shape index (κ2) is 6.89. The van der Waals surface area contributed by atoms with Gasteiger partial charge in [0.1, 0.15) is 5.75 Å². The van der Waals surface area contributed by atoms with E-state index < -0.39 is 10.0 Å². The zero-order valence-electron chi connectivity index (χ0n) is 12.5. The fourth-order valence-electron chi connectivity index (χ4n) is 1.90. The zero-order valence-corrected chi connectivity index (χ0v) is 14.0. The van der Waals surface area contributed by atoms with E-state index in [1.165, 1.54) is 38.3 Å². The molecule has 0 atom stereocenters. The molecule has 0 aliphatic carbocycles. The van der Waals surface area contributed by atoms with Crippen molar-refractivity contribution >= 4 is 38.9 Å². The molecule has 6 nitrogen and oxygen atoms in total. The van der Waals surface area contributed by atoms with Gasteiger partial charge >= 0.3 is 0 Å². The molecule has 122 valence electrons. The molecule has 23 heavy (non-hydrogen) atoms. The lowest BCUT2D eigenvalue weighted by molar-refractivity contribution is -0.114. The van der Waals surface area contributed by atoms with E-state index in [2.05, 4.69) is 10.0 Å². The van der Waals surface area contributed by atoms with E-state index >= 15 is 0 Å². The summed E-state index contributed by atoms with van der Waals surface area (Å²) in [6, 6.07) is 10.5. The Morgan fingerprint density at radius 3 is 2.52 bits per heavy atom. The van der Waals surface area contributed by atoms with E-state index in [0.717, 1.165) is 0 Å². The zero-order chi connectivity index (χ0) is 17.0. The number of anilines is 2. The lowest BCUT2D eigenvalue weighted by Gasteiger charge is -2.12. The first kappa shape index (κ1) is 17.1. The number of amides is 1. The Bertz CT molecular complexity index is 837. The Hall–Kier alpha value is -2.25. The molecule has 2 aromatic rings. The van der Waals surface area contributed by atoms with E-state index in [1.807, 2.05) is 0 Å². The van der Waals surface area contributed by atoms with Gasteiger partial charge in [0.25, 0.3) is 10.0 Å². The number of nitrogens with one attached hydrogen (secondary N) is 2. The summed E-state index contributed by atoms with van der Waals surface area (Å²) < 4.78 is 32.4. The van der Waals surface area contributed by atoms with Crippen molar-refractivity contribution in [2.24, 2.45) is 0 Å². The molecular formula is C15H15ClN2O4S. The van der Waals surface area contributed by atoms with E-state index in [1.54, 1.807) is 18.2 Å². The Kier molecular flexibility index (Phi) is 5.12. The van der Waals surface area contributed by atoms with Crippen LogP contribution in [-0.4, -0.2) is 21.4 Å². The number of carbonyl (C=O) groups is 1. The van der Waals surface area contributed by atoms with Crippen molar-refractivity contribution in [1.29, 1.82) is 0 Å². The van der Waals surface area contributed by atoms with Gasteiger partial charge in [-0.25, -0.2) is 8.42 Å². The van der Waals surface area contributed by atoms with E-state index in [0.29, 0.717) is 16.4 Å². The van der Waals surface area contributed by atoms with Crippen molar-refractivity contribution in [3.05, 3.63) is 47.5 Å². The molecule has 0 saturated heterocycles. The maximum absolute atomic E-state index is 12.4. The first-order chi connectivity index (χ1) is 10.8. The van der Waals surface area contributed by atoms with Crippen LogP contribution in [0.25, 0.3) is 0 Å². The summed E-state index contributed by atoms with van der Waals surface area (Å²) in [4.78, 5) is 11.1. The van der Waals surface area contributed by atoms with Crippen molar-refractivity contribution < 1.29 is 17.9 Å². The fraction of sp³-hybridized carbons (Fsp3) is 0.133. The van der Waals surface area contributed by atoms with Gasteiger partial charge in [0.2, 0.25) is 5.91 Å². The van der Waals surface area contributed by atoms with Crippen LogP contribution in [0, 0.1) is 0 Å². The first-order valence-corrected chi connectivity index (χ1v) is 8.42. The summed E-state index contributed by atoms with van der Waals surface area (Å²) >= 11 is 5.84. The lowest BCUT2D eigenvalue weighted by atomic mass is 10.3. The second-order valence-corrected chi connectivity index (χ2v) is 6.78. The number of benzene rings is 2. The molecule has 0 radical (unpaired) electrons. The van der Waals surface area contributed by atoms with Crippen LogP contribution in [0.15, 0.2) is 47.4 Å². The average Bonchev–Trinajstić information content (AvgIpc) is 2.46. The molecule has 0 unspecified atom stereocenters. The van der Waals surface area contributed by atoms with Crippen LogP contribution in [0.4, 0.5) is 11.4 Å². The Balaban J connectivity index is 2.34. The Morgan fingerprint density at radius 1 is 1.17 bits per heavy atom. The van der Waals surface area contributed by atoms with Crippen LogP contribution >= 0.6 is 11.6 Å². The first-order valence-electron chi connectivity index (χ1n) is 6.56. The van der Waals surface area contributed by atoms with Crippen LogP contribution in [0.5, 0.6) is 5.75 Å². The predicted molar refractivity (Wildman–Crippen MR) is 89.6 cm³/mol. The molecule has 0 aromatic heterocycles. The smallest absolute Gasteiger partial charge is 0.262 e. The Labute approximate surface area is 139 Å². The number of ether oxygens (including phenoxy) is 1. The number of sulfonamides is 1. The number of hydrogen-bond acceptors (Lipinski definition) is 4. The maximum Gasteiger partial charge on any atom is 0.262 e. The molecule has 2 rings (SSSR count). The molecule has 0 aliphatic rings. The van der Waals surface area contributed by atoms with Crippen LogP contribution in [0.1, 0.15) is 6.92 Å². The third-order valence-corrected chi connectivity index (χ3v) is 4.48. The average molecular weight is 355 g/mol. The largest absolute Gasteiger partial charge is 0.495 e. The molecule has 0 bridgehead atoms. The summed E-state index contributed by atoms with van der Waals surface area (Å²) in [5, 5.41) is 2.98. The van der Waals surface area contributed by atoms with Crippen molar-refractivity contribution in [2.75, 3.05) is 17.1 Å². The van der Waals surface area contributed by atoms with Gasteiger partial charge in [-0.15, -0.1) is 0 Å². The minimum absolute atomic E-state index is 0.00317. The predicted octanol–water partition coefficient (Wildman–Crippen LogP) is 3.11. The van der Waals surface area contributed by atoms with E-state index in [4.69, 9.17) is 16.3 Å². The molecule has 0 aliphatic heterocycles. The molecule has 8 heteroatoms. The minimum Gasteiger partial charge on any atom is -0.495 e. The van der Waals surface area contributed by atoms with Crippen molar-refractivity contribution in [3.8, 4) is 5.75 Å². The summed E-state index contributed by atoms with van der Waals surface area (Å²) in [7, 11) is -2.42. The molecule has 1 amide bonds. The van der Waals surface area contributed by atoms with Gasteiger partial charge in [-0.2, -0.15) is 0 Å². The number of carbonyl (C=O) groups excluding carboxylic acids is 1. The quantitative estimate of drug-likeness (QED) is 0.864. The Morgan fingerprint density at radius 2 is 1.91 bits per heavy atom. The highest BCUT2D eigenvalue weighted by molar-refractivity contribution is 7.92. The normalized spacial score (nSPS) is 10.9. The van der Waals surface area contributed by atoms with Crippen LogP contribution in [-0.2, 0) is 14.8 Å². The SMILES string of the molecule is COc1cc(S(=O)(=O)Nc2cccc(Cl)c2)ccc1NC(C)=O. The number of rotatable bonds is 5. The molecule has 0 saturated carbocycles. The van der Waals surface area contributed by atoms with Crippen molar-refractivity contribution in [2.45, 2.75) is 11.8 Å². The standard InChI is InChI=1S/C15H15ClN2O4S/c1-10(19)17-14-7-6-13(9-15(14)22-2)23(20,21)18-12-5-3-4-11(16)8-12/h3-9,18H,1-2H3,(H,17,19). The number of halogens is 1. The molecular weight excluding hydrogens is 340 g/mol. The van der Waals surface area contributed by atoms with Crippen LogP contribution < -0.4 is 14.8 Å². The molecule has 0 heterocycles. The molecule has 0 spiro atoms. The second-order valence-electron chi connectivity index (χ2n) is 4.66. The summed E-state index contributed by atoms with van der Waals surface area (Å²) in [6.07, 6.45) is 0. The molecule has 0 fully saturated rings. The fourth-order valence-corrected chi connectivity index (χ4v) is 3.15. The maximum atomic E-state index is 12.4. The van der Waals surface area contributed by atoms with E-state index in [9.17, 15) is 13.2 Å². The number of hydrogen-bond donors (Lipinski definition) is 2. The van der Waals surface area contributed by atoms with Gasteiger partial charge < -0.3 is 10.1 Å². The van der Waals surface area contributed by atoms with Crippen LogP contribution in [0.3, 0.4) is 0 Å². The van der Waals surface area contributed by atoms with E-state index in [-0.39, 0.29) is 16.6 Å². The summed E-state index contributed by atoms with van der Waals surface area (Å²) in [5.74, 6) is -0.0369. The van der Waals surface area contributed by atoms with Gasteiger partial charge in [0.15, 0.2) is 0 Å². The number of methoxy groups -OCH3 is 1. The van der Waals surface area contributed by atoms with Gasteiger partial charge in [-0.3, -0.25) is 9.52 Å². The van der Waals surface area contributed by atoms with Gasteiger partial charge in [0, 0.05) is 18.0 Å². The summed E-state index contributed by atoms with van der Waals surface area (Å²) in [5.41, 5.74) is 0.740. The third-order valence-electron chi connectivity index (χ3n) is 2.87. The summed E-state index contributed by atoms with van der Waals surface area (Å²) in [6.45, 7) is 1.35. The highest BCUT2D eigenvalue weighted by atomic mass is 35.5. The van der Waals surface area contributed by atoms with Crippen molar-refractivity contribution in [1.82, 2.24) is 0 Å². The lowest BCUT2D eigenvalue weighted by Crippen LogP contribution is -2.14. The van der Waals surface area contributed by atoms with Crippen molar-refractivity contribution in [3.63, 3.8) is 0 Å². The topological polar surface area (TPSA) is 84.5 Å². The third kappa shape index (κ3) is 4.37.